The van der Waals surface area contributed by atoms with Gasteiger partial charge < -0.3 is 0 Å². The van der Waals surface area contributed by atoms with Crippen molar-refractivity contribution in [1.82, 2.24) is 9.97 Å². The van der Waals surface area contributed by atoms with Crippen LogP contribution in [0.15, 0.2) is 30.0 Å². The molecule has 0 aliphatic rings. The number of nitrogens with zero attached hydrogens (tertiary/aromatic N) is 3. The fraction of sp³-hybridized carbons (Fsp3) is 0. The summed E-state index contributed by atoms with van der Waals surface area (Å²) >= 11 is 1.11. The predicted octanol–water partition coefficient (Wildman–Crippen LogP) is 2.62. The van der Waals surface area contributed by atoms with Crippen molar-refractivity contribution in [2.24, 2.45) is 0 Å². The number of hydrogen-bond acceptors (Lipinski definition) is 5. The Morgan fingerprint density at radius 3 is 2.94 bits per heavy atom. The second-order valence-electron chi connectivity index (χ2n) is 2.94. The first-order valence-electron chi connectivity index (χ1n) is 4.43. The first kappa shape index (κ1) is 10.4. The average molecular weight is 233 g/mol. The Bertz CT molecular complexity index is 522. The molecule has 2 aromatic rings. The smallest absolute Gasteiger partial charge is 0.258 e. The van der Waals surface area contributed by atoms with Gasteiger partial charge in [0.25, 0.3) is 0 Å². The molecule has 6 heteroatoms. The van der Waals surface area contributed by atoms with Crippen molar-refractivity contribution in [2.45, 2.75) is 0 Å². The Balaban J connectivity index is 2.15. The van der Waals surface area contributed by atoms with Crippen molar-refractivity contribution in [3.05, 3.63) is 51.4 Å². The van der Waals surface area contributed by atoms with E-state index in [-0.39, 0.29) is 5.00 Å². The van der Waals surface area contributed by atoms with Crippen LogP contribution >= 0.6 is 11.3 Å². The van der Waals surface area contributed by atoms with Gasteiger partial charge in [-0.1, -0.05) is 17.4 Å². The quantitative estimate of drug-likeness (QED) is 0.603. The van der Waals surface area contributed by atoms with Crippen LogP contribution in [0.1, 0.15) is 11.3 Å². The van der Waals surface area contributed by atoms with Gasteiger partial charge in [-0.25, -0.2) is 9.97 Å². The van der Waals surface area contributed by atoms with Gasteiger partial charge in [0.05, 0.1) is 10.6 Å². The Morgan fingerprint density at radius 2 is 2.31 bits per heavy atom. The number of nitro groups is 1. The molecular weight excluding hydrogens is 226 g/mol. The molecule has 5 nitrogen and oxygen atoms in total. The highest BCUT2D eigenvalue weighted by Gasteiger charge is 2.07. The zero-order valence-corrected chi connectivity index (χ0v) is 8.92. The summed E-state index contributed by atoms with van der Waals surface area (Å²) < 4.78 is 0. The van der Waals surface area contributed by atoms with Crippen LogP contribution in [0.4, 0.5) is 5.00 Å². The lowest BCUT2D eigenvalue weighted by Gasteiger charge is -1.88. The van der Waals surface area contributed by atoms with Gasteiger partial charge in [0.2, 0.25) is 0 Å². The van der Waals surface area contributed by atoms with Gasteiger partial charge in [0.15, 0.2) is 0 Å². The minimum atomic E-state index is -0.396. The third-order valence-electron chi connectivity index (χ3n) is 1.84. The largest absolute Gasteiger partial charge is 0.324 e. The van der Waals surface area contributed by atoms with Crippen LogP contribution in [0.25, 0.3) is 12.2 Å². The van der Waals surface area contributed by atoms with E-state index in [1.165, 1.54) is 12.4 Å². The van der Waals surface area contributed by atoms with Gasteiger partial charge in [-0.05, 0) is 17.7 Å². The third-order valence-corrected chi connectivity index (χ3v) is 2.74. The summed E-state index contributed by atoms with van der Waals surface area (Å²) in [5.41, 5.74) is 1.57. The molecule has 2 rings (SSSR count). The van der Waals surface area contributed by atoms with Crippen LogP contribution in [-0.2, 0) is 0 Å². The van der Waals surface area contributed by atoms with E-state index in [0.717, 1.165) is 22.6 Å². The molecule has 0 aliphatic heterocycles. The molecule has 0 saturated carbocycles. The molecule has 0 spiro atoms. The summed E-state index contributed by atoms with van der Waals surface area (Å²) in [6.07, 6.45) is 6.66. The maximum Gasteiger partial charge on any atom is 0.324 e. The molecule has 2 aromatic heterocycles. The molecular formula is C10H7N3O2S. The molecule has 0 N–H and O–H groups in total. The van der Waals surface area contributed by atoms with Crippen LogP contribution in [0.2, 0.25) is 0 Å². The topological polar surface area (TPSA) is 68.9 Å². The Kier molecular flexibility index (Phi) is 3.02. The van der Waals surface area contributed by atoms with E-state index >= 15 is 0 Å². The zero-order valence-electron chi connectivity index (χ0n) is 8.11. The lowest BCUT2D eigenvalue weighted by atomic mass is 10.3. The molecule has 2 heterocycles. The fourth-order valence-electron chi connectivity index (χ4n) is 1.10. The average Bonchev–Trinajstić information content (AvgIpc) is 2.76. The van der Waals surface area contributed by atoms with Gasteiger partial charge in [0, 0.05) is 17.6 Å². The highest BCUT2D eigenvalue weighted by atomic mass is 32.1. The van der Waals surface area contributed by atoms with E-state index in [2.05, 4.69) is 9.97 Å². The number of hydrogen-bond donors (Lipinski definition) is 0. The van der Waals surface area contributed by atoms with Gasteiger partial charge in [-0.2, -0.15) is 0 Å². The minimum absolute atomic E-state index is 0.141. The number of aromatic nitrogens is 2. The Morgan fingerprint density at radius 1 is 1.44 bits per heavy atom. The minimum Gasteiger partial charge on any atom is -0.258 e. The molecule has 0 amide bonds. The lowest BCUT2D eigenvalue weighted by molar-refractivity contribution is -0.380. The number of thiophene rings is 1. The monoisotopic (exact) mass is 233 g/mol. The maximum absolute atomic E-state index is 10.5. The molecule has 0 aromatic carbocycles. The second-order valence-corrected chi connectivity index (χ2v) is 3.83. The molecule has 0 radical (unpaired) electrons. The van der Waals surface area contributed by atoms with Crippen molar-refractivity contribution < 1.29 is 4.92 Å². The molecule has 0 unspecified atom stereocenters. The van der Waals surface area contributed by atoms with Crippen molar-refractivity contribution >= 4 is 28.5 Å². The standard InChI is InChI=1S/C10H7N3O2S/c14-13(15)10-5-8(6-16-10)1-2-9-3-4-11-7-12-9/h1-7H/b2-1+. The molecule has 16 heavy (non-hydrogen) atoms. The van der Waals surface area contributed by atoms with E-state index in [1.807, 2.05) is 0 Å². The van der Waals surface area contributed by atoms with Crippen molar-refractivity contribution in [2.75, 3.05) is 0 Å². The van der Waals surface area contributed by atoms with Gasteiger partial charge in [-0.15, -0.1) is 0 Å². The summed E-state index contributed by atoms with van der Waals surface area (Å²) in [7, 11) is 0. The molecule has 80 valence electrons. The normalized spacial score (nSPS) is 10.8. The van der Waals surface area contributed by atoms with Crippen LogP contribution in [-0.4, -0.2) is 14.9 Å². The summed E-state index contributed by atoms with van der Waals surface area (Å²) in [4.78, 5) is 17.9. The molecule has 0 bridgehead atoms. The van der Waals surface area contributed by atoms with Crippen LogP contribution < -0.4 is 0 Å². The van der Waals surface area contributed by atoms with E-state index < -0.39 is 4.92 Å². The van der Waals surface area contributed by atoms with Crippen molar-refractivity contribution in [3.8, 4) is 0 Å². The zero-order chi connectivity index (χ0) is 11.4. The second kappa shape index (κ2) is 4.63. The van der Waals surface area contributed by atoms with Gasteiger partial charge >= 0.3 is 5.00 Å². The Hall–Kier alpha value is -2.08. The van der Waals surface area contributed by atoms with Gasteiger partial charge in [0.1, 0.15) is 6.33 Å². The predicted molar refractivity (Wildman–Crippen MR) is 61.9 cm³/mol. The van der Waals surface area contributed by atoms with E-state index in [1.54, 1.807) is 29.8 Å². The summed E-state index contributed by atoms with van der Waals surface area (Å²) in [5.74, 6) is 0. The third kappa shape index (κ3) is 2.48. The SMILES string of the molecule is O=[N+]([O-])c1cc(/C=C/c2ccncn2)cs1. The van der Waals surface area contributed by atoms with Crippen LogP contribution in [0.5, 0.6) is 0 Å². The molecule has 0 atom stereocenters. The van der Waals surface area contributed by atoms with E-state index in [0.29, 0.717) is 0 Å². The van der Waals surface area contributed by atoms with Crippen LogP contribution in [0, 0.1) is 10.1 Å². The molecule has 0 aliphatic carbocycles. The highest BCUT2D eigenvalue weighted by Crippen LogP contribution is 2.23. The van der Waals surface area contributed by atoms with Crippen molar-refractivity contribution in [3.63, 3.8) is 0 Å². The molecule has 0 saturated heterocycles. The highest BCUT2D eigenvalue weighted by molar-refractivity contribution is 7.13. The van der Waals surface area contributed by atoms with Crippen molar-refractivity contribution in [1.29, 1.82) is 0 Å². The maximum atomic E-state index is 10.5. The van der Waals surface area contributed by atoms with E-state index in [9.17, 15) is 10.1 Å². The molecule has 0 fully saturated rings. The van der Waals surface area contributed by atoms with E-state index in [4.69, 9.17) is 0 Å². The summed E-state index contributed by atoms with van der Waals surface area (Å²) in [6, 6.07) is 3.29. The van der Waals surface area contributed by atoms with Gasteiger partial charge in [-0.3, -0.25) is 10.1 Å². The summed E-state index contributed by atoms with van der Waals surface area (Å²) in [5, 5.41) is 12.3. The number of rotatable bonds is 3. The fourth-order valence-corrected chi connectivity index (χ4v) is 1.80. The first-order chi connectivity index (χ1) is 7.75. The lowest BCUT2D eigenvalue weighted by Crippen LogP contribution is -1.81. The van der Waals surface area contributed by atoms with Crippen LogP contribution in [0.3, 0.4) is 0 Å². The summed E-state index contributed by atoms with van der Waals surface area (Å²) in [6.45, 7) is 0. The first-order valence-corrected chi connectivity index (χ1v) is 5.31. The Labute approximate surface area is 95.3 Å².